The number of ether oxygens (including phenoxy) is 1. The number of carbonyl (C=O) groups is 3. The SMILES string of the molecule is Cc1cccc(C(=O)OCC(=O)c2ccc3c(c2)[C@@H](C)C(=O)N3)c1O. The fraction of sp³-hybridized carbons (Fsp3) is 0.211. The molecule has 2 aromatic rings. The molecule has 1 aliphatic rings. The molecule has 6 heteroatoms. The Balaban J connectivity index is 1.70. The summed E-state index contributed by atoms with van der Waals surface area (Å²) in [7, 11) is 0. The second-order valence-corrected chi connectivity index (χ2v) is 5.98. The first-order chi connectivity index (χ1) is 11.9. The molecular formula is C19H17NO5. The van der Waals surface area contributed by atoms with Gasteiger partial charge in [-0.05, 0) is 49.2 Å². The molecule has 0 aliphatic carbocycles. The van der Waals surface area contributed by atoms with E-state index in [0.29, 0.717) is 16.8 Å². The van der Waals surface area contributed by atoms with Gasteiger partial charge in [-0.25, -0.2) is 4.79 Å². The van der Waals surface area contributed by atoms with Crippen molar-refractivity contribution in [3.8, 4) is 5.75 Å². The highest BCUT2D eigenvalue weighted by Gasteiger charge is 2.27. The number of ketones is 1. The standard InChI is InChI=1S/C19H17NO5/c1-10-4-3-5-13(17(10)22)19(24)25-9-16(21)12-6-7-15-14(8-12)11(2)18(23)20-15/h3-8,11,22H,9H2,1-2H3,(H,20,23)/t11-/m1/s1. The molecule has 128 valence electrons. The van der Waals surface area contributed by atoms with Crippen molar-refractivity contribution >= 4 is 23.3 Å². The summed E-state index contributed by atoms with van der Waals surface area (Å²) in [6.07, 6.45) is 0. The van der Waals surface area contributed by atoms with E-state index in [0.717, 1.165) is 5.56 Å². The van der Waals surface area contributed by atoms with Crippen LogP contribution in [0.25, 0.3) is 0 Å². The highest BCUT2D eigenvalue weighted by molar-refractivity contribution is 6.05. The highest BCUT2D eigenvalue weighted by Crippen LogP contribution is 2.32. The van der Waals surface area contributed by atoms with E-state index in [4.69, 9.17) is 4.74 Å². The van der Waals surface area contributed by atoms with Crippen molar-refractivity contribution in [3.05, 3.63) is 58.7 Å². The van der Waals surface area contributed by atoms with Crippen molar-refractivity contribution < 1.29 is 24.2 Å². The van der Waals surface area contributed by atoms with Gasteiger partial charge in [0, 0.05) is 11.3 Å². The van der Waals surface area contributed by atoms with E-state index < -0.39 is 12.6 Å². The summed E-state index contributed by atoms with van der Waals surface area (Å²) in [6.45, 7) is 2.98. The number of anilines is 1. The number of aromatic hydroxyl groups is 1. The number of Topliss-reactive ketones (excluding diaryl/α,β-unsaturated/α-hetero) is 1. The van der Waals surface area contributed by atoms with E-state index in [-0.39, 0.29) is 28.9 Å². The first kappa shape index (κ1) is 16.7. The zero-order valence-electron chi connectivity index (χ0n) is 13.8. The van der Waals surface area contributed by atoms with E-state index in [1.165, 1.54) is 6.07 Å². The van der Waals surface area contributed by atoms with Crippen LogP contribution in [-0.4, -0.2) is 29.4 Å². The largest absolute Gasteiger partial charge is 0.507 e. The molecule has 0 unspecified atom stereocenters. The van der Waals surface area contributed by atoms with Gasteiger partial charge in [0.25, 0.3) is 0 Å². The third-order valence-electron chi connectivity index (χ3n) is 4.28. The summed E-state index contributed by atoms with van der Waals surface area (Å²) >= 11 is 0. The van der Waals surface area contributed by atoms with E-state index in [2.05, 4.69) is 5.32 Å². The third kappa shape index (κ3) is 3.10. The summed E-state index contributed by atoms with van der Waals surface area (Å²) in [5, 5.41) is 12.6. The molecule has 1 atom stereocenters. The predicted molar refractivity (Wildman–Crippen MR) is 90.9 cm³/mol. The number of phenolic OH excluding ortho intramolecular Hbond substituents is 1. The number of benzene rings is 2. The molecule has 0 fully saturated rings. The maximum absolute atomic E-state index is 12.3. The molecule has 1 heterocycles. The second-order valence-electron chi connectivity index (χ2n) is 5.98. The molecule has 2 N–H and O–H groups in total. The third-order valence-corrected chi connectivity index (χ3v) is 4.28. The van der Waals surface area contributed by atoms with Crippen LogP contribution < -0.4 is 5.32 Å². The van der Waals surface area contributed by atoms with Crippen LogP contribution in [-0.2, 0) is 9.53 Å². The summed E-state index contributed by atoms with van der Waals surface area (Å²) in [6, 6.07) is 9.61. The van der Waals surface area contributed by atoms with Gasteiger partial charge in [0.05, 0.1) is 5.92 Å². The number of rotatable bonds is 4. The average molecular weight is 339 g/mol. The van der Waals surface area contributed by atoms with E-state index in [1.54, 1.807) is 44.2 Å². The van der Waals surface area contributed by atoms with Crippen molar-refractivity contribution in [2.45, 2.75) is 19.8 Å². The molecule has 25 heavy (non-hydrogen) atoms. The molecular weight excluding hydrogens is 322 g/mol. The smallest absolute Gasteiger partial charge is 0.342 e. The number of hydrogen-bond acceptors (Lipinski definition) is 5. The number of hydrogen-bond donors (Lipinski definition) is 2. The van der Waals surface area contributed by atoms with Gasteiger partial charge in [-0.1, -0.05) is 12.1 Å². The number of aryl methyl sites for hydroxylation is 1. The minimum absolute atomic E-state index is 0.0187. The maximum atomic E-state index is 12.3. The Kier molecular flexibility index (Phi) is 4.27. The lowest BCUT2D eigenvalue weighted by molar-refractivity contribution is -0.116. The number of fused-ring (bicyclic) bond motifs is 1. The van der Waals surface area contributed by atoms with Gasteiger partial charge >= 0.3 is 5.97 Å². The van der Waals surface area contributed by atoms with Crippen molar-refractivity contribution in [2.75, 3.05) is 11.9 Å². The highest BCUT2D eigenvalue weighted by atomic mass is 16.5. The molecule has 0 radical (unpaired) electrons. The number of para-hydroxylation sites is 1. The van der Waals surface area contributed by atoms with E-state index in [9.17, 15) is 19.5 Å². The normalized spacial score (nSPS) is 15.4. The molecule has 1 amide bonds. The molecule has 2 aromatic carbocycles. The Bertz CT molecular complexity index is 887. The van der Waals surface area contributed by atoms with Crippen LogP contribution in [0.1, 0.15) is 44.7 Å². The topological polar surface area (TPSA) is 92.7 Å². The Hall–Kier alpha value is -3.15. The Morgan fingerprint density at radius 1 is 1.24 bits per heavy atom. The first-order valence-electron chi connectivity index (χ1n) is 7.82. The zero-order chi connectivity index (χ0) is 18.1. The molecule has 0 spiro atoms. The van der Waals surface area contributed by atoms with Crippen molar-refractivity contribution in [1.82, 2.24) is 0 Å². The van der Waals surface area contributed by atoms with Crippen LogP contribution in [0.15, 0.2) is 36.4 Å². The molecule has 0 saturated carbocycles. The van der Waals surface area contributed by atoms with Crippen LogP contribution >= 0.6 is 0 Å². The van der Waals surface area contributed by atoms with Crippen molar-refractivity contribution in [3.63, 3.8) is 0 Å². The predicted octanol–water partition coefficient (Wildman–Crippen LogP) is 2.80. The molecule has 3 rings (SSSR count). The first-order valence-corrected chi connectivity index (χ1v) is 7.82. The quantitative estimate of drug-likeness (QED) is 0.660. The van der Waals surface area contributed by atoms with Gasteiger partial charge in [0.15, 0.2) is 12.4 Å². The number of carbonyl (C=O) groups excluding carboxylic acids is 3. The van der Waals surface area contributed by atoms with Gasteiger partial charge in [0.1, 0.15) is 11.3 Å². The Labute approximate surface area is 144 Å². The Morgan fingerprint density at radius 2 is 2.00 bits per heavy atom. The monoisotopic (exact) mass is 339 g/mol. The molecule has 0 saturated heterocycles. The molecule has 1 aliphatic heterocycles. The summed E-state index contributed by atoms with van der Waals surface area (Å²) in [5.41, 5.74) is 2.37. The fourth-order valence-electron chi connectivity index (χ4n) is 2.71. The van der Waals surface area contributed by atoms with Gasteiger partial charge < -0.3 is 15.2 Å². The number of phenols is 1. The van der Waals surface area contributed by atoms with E-state index >= 15 is 0 Å². The van der Waals surface area contributed by atoms with Gasteiger partial charge in [-0.3, -0.25) is 9.59 Å². The summed E-state index contributed by atoms with van der Waals surface area (Å²) in [4.78, 5) is 36.0. The maximum Gasteiger partial charge on any atom is 0.342 e. The summed E-state index contributed by atoms with van der Waals surface area (Å²) < 4.78 is 5.02. The van der Waals surface area contributed by atoms with E-state index in [1.807, 2.05) is 0 Å². The number of nitrogens with one attached hydrogen (secondary N) is 1. The molecule has 0 aromatic heterocycles. The van der Waals surface area contributed by atoms with Crippen molar-refractivity contribution in [1.29, 1.82) is 0 Å². The van der Waals surface area contributed by atoms with Crippen LogP contribution in [0.5, 0.6) is 5.75 Å². The molecule has 0 bridgehead atoms. The number of amides is 1. The Morgan fingerprint density at radius 3 is 2.76 bits per heavy atom. The number of esters is 1. The van der Waals surface area contributed by atoms with Gasteiger partial charge in [0.2, 0.25) is 5.91 Å². The lowest BCUT2D eigenvalue weighted by Gasteiger charge is -2.08. The minimum atomic E-state index is -0.763. The summed E-state index contributed by atoms with van der Waals surface area (Å²) in [5.74, 6) is -1.73. The fourth-order valence-corrected chi connectivity index (χ4v) is 2.71. The van der Waals surface area contributed by atoms with Gasteiger partial charge in [-0.15, -0.1) is 0 Å². The van der Waals surface area contributed by atoms with Crippen molar-refractivity contribution in [2.24, 2.45) is 0 Å². The minimum Gasteiger partial charge on any atom is -0.507 e. The second kappa shape index (κ2) is 6.39. The van der Waals surface area contributed by atoms with Crippen LogP contribution in [0, 0.1) is 6.92 Å². The molecule has 6 nitrogen and oxygen atoms in total. The van der Waals surface area contributed by atoms with Crippen LogP contribution in [0.2, 0.25) is 0 Å². The van der Waals surface area contributed by atoms with Crippen LogP contribution in [0.4, 0.5) is 5.69 Å². The van der Waals surface area contributed by atoms with Crippen LogP contribution in [0.3, 0.4) is 0 Å². The average Bonchev–Trinajstić information content (AvgIpc) is 2.89. The zero-order valence-corrected chi connectivity index (χ0v) is 13.8. The van der Waals surface area contributed by atoms with Gasteiger partial charge in [-0.2, -0.15) is 0 Å². The lowest BCUT2D eigenvalue weighted by atomic mass is 9.99. The lowest BCUT2D eigenvalue weighted by Crippen LogP contribution is -2.14.